The number of hydrogen-bond acceptors (Lipinski definition) is 4. The molecule has 1 unspecified atom stereocenters. The van der Waals surface area contributed by atoms with Gasteiger partial charge in [-0.2, -0.15) is 0 Å². The van der Waals surface area contributed by atoms with Crippen LogP contribution in [-0.2, 0) is 9.59 Å². The van der Waals surface area contributed by atoms with Crippen LogP contribution in [0.25, 0.3) is 0 Å². The highest BCUT2D eigenvalue weighted by molar-refractivity contribution is 5.95. The van der Waals surface area contributed by atoms with E-state index in [9.17, 15) is 9.59 Å². The summed E-state index contributed by atoms with van der Waals surface area (Å²) < 4.78 is 0. The molecule has 1 saturated heterocycles. The van der Waals surface area contributed by atoms with Gasteiger partial charge in [0.05, 0.1) is 0 Å². The lowest BCUT2D eigenvalue weighted by molar-refractivity contribution is -0.120. The molecule has 1 aliphatic heterocycles. The van der Waals surface area contributed by atoms with Gasteiger partial charge in [-0.25, -0.2) is 11.7 Å². The zero-order valence-corrected chi connectivity index (χ0v) is 7.20. The summed E-state index contributed by atoms with van der Waals surface area (Å²) >= 11 is 0. The quantitative estimate of drug-likeness (QED) is 0.194. The summed E-state index contributed by atoms with van der Waals surface area (Å²) in [7, 11) is 0. The molecular weight excluding hydrogens is 160 g/mol. The van der Waals surface area contributed by atoms with Crippen LogP contribution in [0.4, 0.5) is 0 Å². The van der Waals surface area contributed by atoms with Crippen LogP contribution < -0.4 is 17.1 Å². The Labute approximate surface area is 70.8 Å². The number of nitrogens with one attached hydrogen (secondary N) is 1. The molecule has 0 aliphatic carbocycles. The average Bonchev–Trinajstić information content (AvgIpc) is 2.61. The molecule has 0 aromatic carbocycles. The minimum Gasteiger partial charge on any atom is -0.294 e. The lowest BCUT2D eigenvalue weighted by Gasteiger charge is -1.87. The van der Waals surface area contributed by atoms with E-state index in [4.69, 9.17) is 5.84 Å². The number of rotatable bonds is 1. The number of nitrogens with zero attached hydrogens (tertiary/aromatic N) is 1. The summed E-state index contributed by atoms with van der Waals surface area (Å²) in [5, 5.41) is 1.19. The monoisotopic (exact) mass is 174 g/mol. The van der Waals surface area contributed by atoms with Gasteiger partial charge >= 0.3 is 0 Å². The predicted octanol–water partition coefficient (Wildman–Crippen LogP) is -1.52. The fourth-order valence-electron chi connectivity index (χ4n) is 0.394. The maximum Gasteiger partial charge on any atom is 0.261 e. The van der Waals surface area contributed by atoms with Crippen molar-refractivity contribution in [3.8, 4) is 0 Å². The molecule has 0 spiro atoms. The van der Waals surface area contributed by atoms with E-state index in [1.54, 1.807) is 13.8 Å². The number of carbonyl (C=O) groups is 2. The van der Waals surface area contributed by atoms with E-state index in [1.807, 2.05) is 5.43 Å². The predicted molar refractivity (Wildman–Crippen MR) is 43.1 cm³/mol. The Morgan fingerprint density at radius 1 is 1.75 bits per heavy atom. The topological polar surface area (TPSA) is 101 Å². The molecule has 0 saturated carbocycles. The molecule has 0 aromatic heterocycles. The van der Waals surface area contributed by atoms with Crippen molar-refractivity contribution in [3.05, 3.63) is 0 Å². The second kappa shape index (κ2) is 4.68. The normalized spacial score (nSPS) is 19.5. The third-order valence-corrected chi connectivity index (χ3v) is 1.44. The Balaban J connectivity index is 0.000000202. The van der Waals surface area contributed by atoms with Gasteiger partial charge in [-0.3, -0.25) is 20.0 Å². The molecule has 0 aromatic rings. The molecule has 2 amide bonds. The smallest absolute Gasteiger partial charge is 0.261 e. The third kappa shape index (κ3) is 3.31. The average molecular weight is 174 g/mol. The highest BCUT2D eigenvalue weighted by Crippen LogP contribution is 2.10. The van der Waals surface area contributed by atoms with Gasteiger partial charge in [-0.15, -0.1) is 0 Å². The van der Waals surface area contributed by atoms with Crippen LogP contribution in [0.15, 0.2) is 0 Å². The first kappa shape index (κ1) is 10.9. The number of amides is 2. The van der Waals surface area contributed by atoms with Gasteiger partial charge in [0.1, 0.15) is 6.04 Å². The van der Waals surface area contributed by atoms with Crippen LogP contribution in [0.1, 0.15) is 20.3 Å². The Hall–Kier alpha value is -1.14. The standard InChI is InChI=1S/C3H6N2O.C3H8N2O/c1-2-3(6)5(2)4;1-2-3(6)5-4/h2H,4H2,1H3;2,4H2,1H3,(H,5,6). The Kier molecular flexibility index (Phi) is 4.24. The molecule has 12 heavy (non-hydrogen) atoms. The second-order valence-corrected chi connectivity index (χ2v) is 2.34. The van der Waals surface area contributed by atoms with Crippen molar-refractivity contribution in [2.45, 2.75) is 26.3 Å². The minimum atomic E-state index is -0.130. The molecule has 0 bridgehead atoms. The van der Waals surface area contributed by atoms with Gasteiger partial charge in [-0.05, 0) is 6.92 Å². The van der Waals surface area contributed by atoms with Crippen molar-refractivity contribution in [2.75, 3.05) is 0 Å². The summed E-state index contributed by atoms with van der Waals surface area (Å²) in [6, 6.07) is -0.00926. The van der Waals surface area contributed by atoms with E-state index in [0.29, 0.717) is 6.42 Å². The zero-order chi connectivity index (χ0) is 9.72. The Morgan fingerprint density at radius 3 is 2.08 bits per heavy atom. The maximum absolute atomic E-state index is 10.0. The van der Waals surface area contributed by atoms with Crippen LogP contribution in [-0.4, -0.2) is 22.9 Å². The van der Waals surface area contributed by atoms with E-state index in [1.165, 1.54) is 5.01 Å². The maximum atomic E-state index is 10.0. The molecule has 1 aliphatic rings. The van der Waals surface area contributed by atoms with Crippen LogP contribution in [0.3, 0.4) is 0 Å². The third-order valence-electron chi connectivity index (χ3n) is 1.44. The van der Waals surface area contributed by atoms with Crippen molar-refractivity contribution >= 4 is 11.8 Å². The molecular formula is C6H14N4O2. The second-order valence-electron chi connectivity index (χ2n) is 2.34. The van der Waals surface area contributed by atoms with E-state index in [2.05, 4.69) is 5.84 Å². The SMILES string of the molecule is CC1C(=O)N1N.CCC(=O)NN. The fourth-order valence-corrected chi connectivity index (χ4v) is 0.394. The minimum absolute atomic E-state index is 0.00926. The zero-order valence-electron chi connectivity index (χ0n) is 7.20. The highest BCUT2D eigenvalue weighted by Gasteiger charge is 2.38. The van der Waals surface area contributed by atoms with E-state index in [-0.39, 0.29) is 17.9 Å². The first-order chi connectivity index (χ1) is 5.54. The van der Waals surface area contributed by atoms with Crippen molar-refractivity contribution in [1.29, 1.82) is 0 Å². The van der Waals surface area contributed by atoms with Crippen LogP contribution >= 0.6 is 0 Å². The largest absolute Gasteiger partial charge is 0.294 e. The summed E-state index contributed by atoms with van der Waals surface area (Å²) in [5.41, 5.74) is 1.98. The fraction of sp³-hybridized carbons (Fsp3) is 0.667. The van der Waals surface area contributed by atoms with Crippen molar-refractivity contribution in [3.63, 3.8) is 0 Å². The van der Waals surface area contributed by atoms with E-state index >= 15 is 0 Å². The van der Waals surface area contributed by atoms with Crippen LogP contribution in [0, 0.1) is 0 Å². The van der Waals surface area contributed by atoms with Gasteiger partial charge in [0, 0.05) is 6.42 Å². The van der Waals surface area contributed by atoms with Gasteiger partial charge in [-0.1, -0.05) is 6.92 Å². The summed E-state index contributed by atoms with van der Waals surface area (Å²) in [6.45, 7) is 3.50. The molecule has 70 valence electrons. The van der Waals surface area contributed by atoms with Gasteiger partial charge in [0.15, 0.2) is 0 Å². The van der Waals surface area contributed by atoms with Gasteiger partial charge in [0.25, 0.3) is 5.91 Å². The van der Waals surface area contributed by atoms with E-state index in [0.717, 1.165) is 0 Å². The number of carbonyl (C=O) groups excluding carboxylic acids is 2. The van der Waals surface area contributed by atoms with Gasteiger partial charge in [0.2, 0.25) is 5.91 Å². The Morgan fingerprint density at radius 2 is 2.08 bits per heavy atom. The Bertz CT molecular complexity index is 164. The van der Waals surface area contributed by atoms with Crippen LogP contribution in [0.5, 0.6) is 0 Å². The number of nitrogens with two attached hydrogens (primary N) is 2. The molecule has 1 rings (SSSR count). The summed E-state index contributed by atoms with van der Waals surface area (Å²) in [5.74, 6) is 9.58. The lowest BCUT2D eigenvalue weighted by atomic mass is 10.5. The molecule has 6 nitrogen and oxygen atoms in total. The first-order valence-electron chi connectivity index (χ1n) is 3.61. The number of hydrazine groups is 2. The first-order valence-corrected chi connectivity index (χ1v) is 3.61. The molecule has 1 fully saturated rings. The number of hydrogen-bond donors (Lipinski definition) is 3. The van der Waals surface area contributed by atoms with Crippen molar-refractivity contribution in [1.82, 2.24) is 10.4 Å². The molecule has 0 radical (unpaired) electrons. The molecule has 1 heterocycles. The van der Waals surface area contributed by atoms with Crippen LogP contribution in [0.2, 0.25) is 0 Å². The molecule has 1 atom stereocenters. The molecule has 5 N–H and O–H groups in total. The summed E-state index contributed by atoms with van der Waals surface area (Å²) in [4.78, 5) is 20.0. The van der Waals surface area contributed by atoms with Gasteiger partial charge < -0.3 is 0 Å². The highest BCUT2D eigenvalue weighted by atomic mass is 16.2. The van der Waals surface area contributed by atoms with Crippen molar-refractivity contribution < 1.29 is 9.59 Å². The summed E-state index contributed by atoms with van der Waals surface area (Å²) in [6.07, 6.45) is 0.455. The van der Waals surface area contributed by atoms with E-state index < -0.39 is 0 Å². The molecule has 6 heteroatoms. The lowest BCUT2D eigenvalue weighted by Crippen LogP contribution is -2.28. The van der Waals surface area contributed by atoms with Crippen molar-refractivity contribution in [2.24, 2.45) is 11.7 Å².